The molecule has 2 atom stereocenters. The van der Waals surface area contributed by atoms with Crippen LogP contribution in [0.3, 0.4) is 0 Å². The molecule has 0 spiro atoms. The highest BCUT2D eigenvalue weighted by Crippen LogP contribution is 2.33. The van der Waals surface area contributed by atoms with Gasteiger partial charge in [-0.05, 0) is 14.0 Å². The molecule has 2 unspecified atom stereocenters. The molecule has 16 heavy (non-hydrogen) atoms. The van der Waals surface area contributed by atoms with Gasteiger partial charge in [-0.3, -0.25) is 0 Å². The van der Waals surface area contributed by atoms with Crippen molar-refractivity contribution in [1.29, 1.82) is 0 Å². The summed E-state index contributed by atoms with van der Waals surface area (Å²) >= 11 is 0. The zero-order valence-corrected chi connectivity index (χ0v) is 9.83. The van der Waals surface area contributed by atoms with Crippen molar-refractivity contribution in [3.63, 3.8) is 0 Å². The maximum atomic E-state index is 13.3. The number of nitrogens with one attached hydrogen (secondary N) is 1. The summed E-state index contributed by atoms with van der Waals surface area (Å²) in [5.74, 6) is 0.431. The molecule has 0 bridgehead atoms. The highest BCUT2D eigenvalue weighted by molar-refractivity contribution is 5.44. The molecule has 2 N–H and O–H groups in total. The van der Waals surface area contributed by atoms with Gasteiger partial charge in [-0.1, -0.05) is 18.2 Å². The van der Waals surface area contributed by atoms with Gasteiger partial charge in [0.05, 0.1) is 13.2 Å². The molecule has 0 fully saturated rings. The summed E-state index contributed by atoms with van der Waals surface area (Å²) in [6.07, 6.45) is -1.81. The number of ether oxygens (including phenoxy) is 1. The fourth-order valence-corrected chi connectivity index (χ4v) is 1.69. The molecule has 0 aliphatic carbocycles. The SMILES string of the molecule is CNCC(O)c1cccc(C(C)F)c1OC. The third-order valence-electron chi connectivity index (χ3n) is 2.47. The van der Waals surface area contributed by atoms with Crippen molar-refractivity contribution in [3.8, 4) is 5.75 Å². The van der Waals surface area contributed by atoms with E-state index in [1.807, 2.05) is 0 Å². The number of rotatable bonds is 5. The molecule has 0 saturated carbocycles. The van der Waals surface area contributed by atoms with Gasteiger partial charge in [0, 0.05) is 17.7 Å². The molecule has 1 rings (SSSR count). The molecule has 0 amide bonds. The summed E-state index contributed by atoms with van der Waals surface area (Å²) < 4.78 is 18.5. The number of alkyl halides is 1. The number of hydrogen-bond acceptors (Lipinski definition) is 3. The number of likely N-dealkylation sites (N-methyl/N-ethyl adjacent to an activating group) is 1. The number of benzene rings is 1. The van der Waals surface area contributed by atoms with Crippen molar-refractivity contribution in [2.75, 3.05) is 20.7 Å². The number of aliphatic hydroxyl groups is 1. The minimum Gasteiger partial charge on any atom is -0.496 e. The van der Waals surface area contributed by atoms with Crippen LogP contribution in [0.1, 0.15) is 30.3 Å². The molecule has 0 radical (unpaired) electrons. The van der Waals surface area contributed by atoms with Gasteiger partial charge in [-0.15, -0.1) is 0 Å². The van der Waals surface area contributed by atoms with Gasteiger partial charge in [-0.25, -0.2) is 4.39 Å². The first-order valence-corrected chi connectivity index (χ1v) is 5.25. The topological polar surface area (TPSA) is 41.5 Å². The Hall–Kier alpha value is -1.13. The second kappa shape index (κ2) is 5.82. The van der Waals surface area contributed by atoms with E-state index >= 15 is 0 Å². The molecule has 1 aromatic carbocycles. The average molecular weight is 227 g/mol. The van der Waals surface area contributed by atoms with E-state index in [2.05, 4.69) is 5.32 Å². The van der Waals surface area contributed by atoms with Crippen LogP contribution in [0.2, 0.25) is 0 Å². The van der Waals surface area contributed by atoms with Crippen LogP contribution in [-0.2, 0) is 0 Å². The van der Waals surface area contributed by atoms with Crippen molar-refractivity contribution in [1.82, 2.24) is 5.32 Å². The Bertz CT molecular complexity index is 342. The van der Waals surface area contributed by atoms with Crippen molar-refractivity contribution in [3.05, 3.63) is 29.3 Å². The number of para-hydroxylation sites is 1. The summed E-state index contributed by atoms with van der Waals surface area (Å²) in [7, 11) is 3.23. The maximum Gasteiger partial charge on any atom is 0.130 e. The predicted molar refractivity (Wildman–Crippen MR) is 61.4 cm³/mol. The van der Waals surface area contributed by atoms with Crippen LogP contribution in [0, 0.1) is 0 Å². The summed E-state index contributed by atoms with van der Waals surface area (Å²) in [6, 6.07) is 5.13. The van der Waals surface area contributed by atoms with Crippen LogP contribution in [0.15, 0.2) is 18.2 Å². The van der Waals surface area contributed by atoms with Gasteiger partial charge in [0.1, 0.15) is 11.9 Å². The molecular formula is C12H18FNO2. The van der Waals surface area contributed by atoms with E-state index in [4.69, 9.17) is 4.74 Å². The Morgan fingerprint density at radius 2 is 2.06 bits per heavy atom. The molecule has 1 aromatic rings. The second-order valence-corrected chi connectivity index (χ2v) is 3.66. The molecular weight excluding hydrogens is 209 g/mol. The number of hydrogen-bond donors (Lipinski definition) is 2. The summed E-state index contributed by atoms with van der Waals surface area (Å²) in [4.78, 5) is 0. The minimum absolute atomic E-state index is 0.403. The van der Waals surface area contributed by atoms with Crippen LogP contribution < -0.4 is 10.1 Å². The van der Waals surface area contributed by atoms with Gasteiger partial charge in [-0.2, -0.15) is 0 Å². The van der Waals surface area contributed by atoms with Crippen molar-refractivity contribution >= 4 is 0 Å². The van der Waals surface area contributed by atoms with Crippen molar-refractivity contribution < 1.29 is 14.2 Å². The zero-order chi connectivity index (χ0) is 12.1. The maximum absolute atomic E-state index is 13.3. The molecule has 3 nitrogen and oxygen atoms in total. The lowest BCUT2D eigenvalue weighted by molar-refractivity contribution is 0.172. The van der Waals surface area contributed by atoms with Crippen LogP contribution in [0.25, 0.3) is 0 Å². The third-order valence-corrected chi connectivity index (χ3v) is 2.47. The predicted octanol–water partition coefficient (Wildman–Crippen LogP) is 1.98. The third kappa shape index (κ3) is 2.71. The summed E-state index contributed by atoms with van der Waals surface area (Å²) in [5, 5.41) is 12.7. The van der Waals surface area contributed by atoms with E-state index in [1.54, 1.807) is 25.2 Å². The van der Waals surface area contributed by atoms with Gasteiger partial charge in [0.15, 0.2) is 0 Å². The normalized spacial score (nSPS) is 14.6. The number of aliphatic hydroxyl groups excluding tert-OH is 1. The van der Waals surface area contributed by atoms with Gasteiger partial charge in [0.2, 0.25) is 0 Å². The Morgan fingerprint density at radius 3 is 2.56 bits per heavy atom. The quantitative estimate of drug-likeness (QED) is 0.808. The van der Waals surface area contributed by atoms with Crippen molar-refractivity contribution in [2.24, 2.45) is 0 Å². The van der Waals surface area contributed by atoms with Crippen molar-refractivity contribution in [2.45, 2.75) is 19.2 Å². The van der Waals surface area contributed by atoms with E-state index in [-0.39, 0.29) is 0 Å². The van der Waals surface area contributed by atoms with E-state index in [0.29, 0.717) is 23.4 Å². The first-order valence-electron chi connectivity index (χ1n) is 5.25. The van der Waals surface area contributed by atoms with Crippen LogP contribution >= 0.6 is 0 Å². The van der Waals surface area contributed by atoms with Crippen LogP contribution in [0.5, 0.6) is 5.75 Å². The molecule has 0 saturated heterocycles. The monoisotopic (exact) mass is 227 g/mol. The summed E-state index contributed by atoms with van der Waals surface area (Å²) in [6.45, 7) is 1.85. The first-order chi connectivity index (χ1) is 7.61. The first kappa shape index (κ1) is 12.9. The van der Waals surface area contributed by atoms with E-state index < -0.39 is 12.3 Å². The van der Waals surface area contributed by atoms with Gasteiger partial charge in [0.25, 0.3) is 0 Å². The van der Waals surface area contributed by atoms with Gasteiger partial charge >= 0.3 is 0 Å². The van der Waals surface area contributed by atoms with E-state index in [0.717, 1.165) is 0 Å². The minimum atomic E-state index is -1.11. The standard InChI is InChI=1S/C12H18FNO2/c1-8(13)9-5-4-6-10(12(9)16-3)11(15)7-14-2/h4-6,8,11,14-15H,7H2,1-3H3. The number of methoxy groups -OCH3 is 1. The Kier molecular flexibility index (Phi) is 4.71. The van der Waals surface area contributed by atoms with Gasteiger partial charge < -0.3 is 15.2 Å². The Labute approximate surface area is 95.2 Å². The van der Waals surface area contributed by atoms with Crippen LogP contribution in [0.4, 0.5) is 4.39 Å². The molecule has 0 aliphatic rings. The fourth-order valence-electron chi connectivity index (χ4n) is 1.69. The smallest absolute Gasteiger partial charge is 0.130 e. The lowest BCUT2D eigenvalue weighted by Gasteiger charge is -2.18. The summed E-state index contributed by atoms with van der Waals surface area (Å²) in [5.41, 5.74) is 1.08. The van der Waals surface area contributed by atoms with Crippen LogP contribution in [-0.4, -0.2) is 25.8 Å². The highest BCUT2D eigenvalue weighted by atomic mass is 19.1. The molecule has 0 heterocycles. The lowest BCUT2D eigenvalue weighted by atomic mass is 10.0. The number of halogens is 1. The largest absolute Gasteiger partial charge is 0.496 e. The molecule has 0 aromatic heterocycles. The Balaban J connectivity index is 3.13. The molecule has 4 heteroatoms. The Morgan fingerprint density at radius 1 is 1.44 bits per heavy atom. The fraction of sp³-hybridized carbons (Fsp3) is 0.500. The van der Waals surface area contributed by atoms with E-state index in [1.165, 1.54) is 14.0 Å². The highest BCUT2D eigenvalue weighted by Gasteiger charge is 2.18. The molecule has 0 aliphatic heterocycles. The zero-order valence-electron chi connectivity index (χ0n) is 9.83. The average Bonchev–Trinajstić information content (AvgIpc) is 2.28. The molecule has 90 valence electrons. The second-order valence-electron chi connectivity index (χ2n) is 3.66. The lowest BCUT2D eigenvalue weighted by Crippen LogP contribution is -2.17. The van der Waals surface area contributed by atoms with E-state index in [9.17, 15) is 9.50 Å².